The van der Waals surface area contributed by atoms with Gasteiger partial charge >= 0.3 is 0 Å². The van der Waals surface area contributed by atoms with Gasteiger partial charge in [-0.2, -0.15) is 0 Å². The summed E-state index contributed by atoms with van der Waals surface area (Å²) in [6, 6.07) is 13.3. The topological polar surface area (TPSA) is 29.1 Å². The van der Waals surface area contributed by atoms with Crippen LogP contribution in [-0.2, 0) is 6.42 Å². The van der Waals surface area contributed by atoms with Crippen LogP contribution in [0, 0.1) is 0 Å². The average Bonchev–Trinajstić information content (AvgIpc) is 2.90. The lowest BCUT2D eigenvalue weighted by atomic mass is 10.1. The number of rotatable bonds is 4. The standard InChI is InChI=1S/C17H13BrClNOS/c18-15-4-2-1-3-13(15)17(21)20-8-7-11-10-22-16-6-5-12(19)9-14(11)16/h1-6,9-10H,7-8H2,(H,20,21). The summed E-state index contributed by atoms with van der Waals surface area (Å²) in [6.45, 7) is 0.596. The van der Waals surface area contributed by atoms with Crippen molar-refractivity contribution in [2.24, 2.45) is 0 Å². The molecule has 1 amide bonds. The summed E-state index contributed by atoms with van der Waals surface area (Å²) in [5.41, 5.74) is 1.87. The van der Waals surface area contributed by atoms with Crippen LogP contribution in [0.25, 0.3) is 10.1 Å². The quantitative estimate of drug-likeness (QED) is 0.640. The number of hydrogen-bond donors (Lipinski definition) is 1. The Kier molecular flexibility index (Phi) is 4.81. The largest absolute Gasteiger partial charge is 0.352 e. The lowest BCUT2D eigenvalue weighted by molar-refractivity contribution is 0.0953. The molecule has 0 saturated heterocycles. The summed E-state index contributed by atoms with van der Waals surface area (Å²) in [7, 11) is 0. The minimum Gasteiger partial charge on any atom is -0.352 e. The van der Waals surface area contributed by atoms with Gasteiger partial charge in [-0.25, -0.2) is 0 Å². The first-order valence-corrected chi connectivity index (χ1v) is 8.88. The third-order valence-electron chi connectivity index (χ3n) is 3.41. The molecule has 0 aliphatic rings. The van der Waals surface area contributed by atoms with Gasteiger partial charge in [0.15, 0.2) is 0 Å². The molecule has 0 atom stereocenters. The number of thiophene rings is 1. The fraction of sp³-hybridized carbons (Fsp3) is 0.118. The van der Waals surface area contributed by atoms with Crippen molar-refractivity contribution < 1.29 is 4.79 Å². The van der Waals surface area contributed by atoms with Gasteiger partial charge in [-0.3, -0.25) is 4.79 Å². The molecule has 112 valence electrons. The summed E-state index contributed by atoms with van der Waals surface area (Å²) in [6.07, 6.45) is 0.788. The number of hydrogen-bond acceptors (Lipinski definition) is 2. The van der Waals surface area contributed by atoms with Crippen molar-refractivity contribution in [2.45, 2.75) is 6.42 Å². The number of carbonyl (C=O) groups excluding carboxylic acids is 1. The van der Waals surface area contributed by atoms with Gasteiger partial charge in [0, 0.05) is 20.7 Å². The summed E-state index contributed by atoms with van der Waals surface area (Å²) in [5.74, 6) is -0.0648. The molecule has 3 rings (SSSR count). The minimum absolute atomic E-state index is 0.0648. The Morgan fingerprint density at radius 2 is 2.05 bits per heavy atom. The van der Waals surface area contributed by atoms with Crippen LogP contribution in [-0.4, -0.2) is 12.5 Å². The monoisotopic (exact) mass is 393 g/mol. The van der Waals surface area contributed by atoms with Crippen LogP contribution < -0.4 is 5.32 Å². The molecular formula is C17H13BrClNOS. The van der Waals surface area contributed by atoms with Crippen molar-refractivity contribution in [3.05, 3.63) is 68.5 Å². The molecule has 2 aromatic carbocycles. The van der Waals surface area contributed by atoms with Gasteiger partial charge in [-0.05, 0) is 69.0 Å². The van der Waals surface area contributed by atoms with Crippen LogP contribution in [0.4, 0.5) is 0 Å². The average molecular weight is 395 g/mol. The number of carbonyl (C=O) groups is 1. The van der Waals surface area contributed by atoms with Crippen molar-refractivity contribution in [3.8, 4) is 0 Å². The van der Waals surface area contributed by atoms with Gasteiger partial charge in [0.1, 0.15) is 0 Å². The second-order valence-corrected chi connectivity index (χ2v) is 7.09. The molecule has 0 aliphatic heterocycles. The third kappa shape index (κ3) is 3.35. The molecular weight excluding hydrogens is 382 g/mol. The van der Waals surface area contributed by atoms with E-state index >= 15 is 0 Å². The Morgan fingerprint density at radius 1 is 1.23 bits per heavy atom. The van der Waals surface area contributed by atoms with Crippen molar-refractivity contribution in [2.75, 3.05) is 6.54 Å². The third-order valence-corrected chi connectivity index (χ3v) is 5.35. The maximum absolute atomic E-state index is 12.2. The van der Waals surface area contributed by atoms with Crippen LogP contribution in [0.2, 0.25) is 5.02 Å². The fourth-order valence-corrected chi connectivity index (χ4v) is 3.91. The Labute approximate surface area is 146 Å². The van der Waals surface area contributed by atoms with Crippen LogP contribution in [0.15, 0.2) is 52.3 Å². The summed E-state index contributed by atoms with van der Waals surface area (Å²) >= 11 is 11.2. The first kappa shape index (κ1) is 15.5. The smallest absolute Gasteiger partial charge is 0.252 e. The van der Waals surface area contributed by atoms with Gasteiger partial charge in [0.25, 0.3) is 5.91 Å². The van der Waals surface area contributed by atoms with E-state index in [1.807, 2.05) is 36.4 Å². The van der Waals surface area contributed by atoms with E-state index in [1.165, 1.54) is 15.6 Å². The summed E-state index contributed by atoms with van der Waals surface area (Å²) < 4.78 is 2.02. The normalized spacial score (nSPS) is 10.8. The zero-order chi connectivity index (χ0) is 15.5. The predicted molar refractivity (Wildman–Crippen MR) is 97.0 cm³/mol. The molecule has 22 heavy (non-hydrogen) atoms. The highest BCUT2D eigenvalue weighted by Gasteiger charge is 2.09. The molecule has 5 heteroatoms. The SMILES string of the molecule is O=C(NCCc1csc2ccc(Cl)cc12)c1ccccc1Br. The second-order valence-electron chi connectivity index (χ2n) is 4.89. The van der Waals surface area contributed by atoms with E-state index in [-0.39, 0.29) is 5.91 Å². The highest BCUT2D eigenvalue weighted by atomic mass is 79.9. The van der Waals surface area contributed by atoms with Gasteiger partial charge in [-0.15, -0.1) is 11.3 Å². The minimum atomic E-state index is -0.0648. The second kappa shape index (κ2) is 6.82. The number of fused-ring (bicyclic) bond motifs is 1. The number of benzene rings is 2. The molecule has 0 saturated carbocycles. The van der Waals surface area contributed by atoms with Gasteiger partial charge in [0.2, 0.25) is 0 Å². The van der Waals surface area contributed by atoms with Crippen LogP contribution in [0.3, 0.4) is 0 Å². The highest BCUT2D eigenvalue weighted by molar-refractivity contribution is 9.10. The van der Waals surface area contributed by atoms with E-state index in [2.05, 4.69) is 26.6 Å². The van der Waals surface area contributed by atoms with Crippen LogP contribution >= 0.6 is 38.9 Å². The maximum atomic E-state index is 12.2. The maximum Gasteiger partial charge on any atom is 0.252 e. The summed E-state index contributed by atoms with van der Waals surface area (Å²) in [5, 5.41) is 7.00. The Hall–Kier alpha value is -1.36. The molecule has 0 aliphatic carbocycles. The highest BCUT2D eigenvalue weighted by Crippen LogP contribution is 2.28. The van der Waals surface area contributed by atoms with E-state index in [9.17, 15) is 4.79 Å². The Bertz CT molecular complexity index is 830. The van der Waals surface area contributed by atoms with Gasteiger partial charge in [0.05, 0.1) is 5.56 Å². The molecule has 1 aromatic heterocycles. The van der Waals surface area contributed by atoms with E-state index in [0.717, 1.165) is 15.9 Å². The van der Waals surface area contributed by atoms with E-state index in [4.69, 9.17) is 11.6 Å². The van der Waals surface area contributed by atoms with Crippen molar-refractivity contribution in [1.29, 1.82) is 0 Å². The number of halogens is 2. The molecule has 0 spiro atoms. The number of nitrogens with one attached hydrogen (secondary N) is 1. The molecule has 2 nitrogen and oxygen atoms in total. The molecule has 0 fully saturated rings. The molecule has 0 radical (unpaired) electrons. The molecule has 3 aromatic rings. The van der Waals surface area contributed by atoms with Crippen LogP contribution in [0.1, 0.15) is 15.9 Å². The first-order valence-electron chi connectivity index (χ1n) is 6.83. The lowest BCUT2D eigenvalue weighted by Gasteiger charge is -2.06. The van der Waals surface area contributed by atoms with E-state index in [0.29, 0.717) is 12.1 Å². The molecule has 1 N–H and O–H groups in total. The fourth-order valence-electron chi connectivity index (χ4n) is 2.30. The van der Waals surface area contributed by atoms with Gasteiger partial charge < -0.3 is 5.32 Å². The van der Waals surface area contributed by atoms with Crippen molar-refractivity contribution in [3.63, 3.8) is 0 Å². The molecule has 0 unspecified atom stereocenters. The zero-order valence-corrected chi connectivity index (χ0v) is 14.8. The predicted octanol–water partition coefficient (Wildman–Crippen LogP) is 5.29. The van der Waals surface area contributed by atoms with Gasteiger partial charge in [-0.1, -0.05) is 23.7 Å². The zero-order valence-electron chi connectivity index (χ0n) is 11.6. The van der Waals surface area contributed by atoms with E-state index in [1.54, 1.807) is 17.4 Å². The molecule has 1 heterocycles. The molecule has 0 bridgehead atoms. The van der Waals surface area contributed by atoms with Crippen molar-refractivity contribution in [1.82, 2.24) is 5.32 Å². The lowest BCUT2D eigenvalue weighted by Crippen LogP contribution is -2.25. The Morgan fingerprint density at radius 3 is 2.86 bits per heavy atom. The summed E-state index contributed by atoms with van der Waals surface area (Å²) in [4.78, 5) is 12.2. The van der Waals surface area contributed by atoms with E-state index < -0.39 is 0 Å². The van der Waals surface area contributed by atoms with Crippen LogP contribution in [0.5, 0.6) is 0 Å². The Balaban J connectivity index is 1.66. The first-order chi connectivity index (χ1) is 10.6. The van der Waals surface area contributed by atoms with Crippen molar-refractivity contribution >= 4 is 54.9 Å². The number of amides is 1.